The van der Waals surface area contributed by atoms with Gasteiger partial charge in [-0.2, -0.15) is 0 Å². The van der Waals surface area contributed by atoms with Gasteiger partial charge in [0.2, 0.25) is 0 Å². The maximum Gasteiger partial charge on any atom is 0.250 e. The van der Waals surface area contributed by atoms with Crippen molar-refractivity contribution in [3.63, 3.8) is 0 Å². The van der Waals surface area contributed by atoms with E-state index in [2.05, 4.69) is 12.2 Å². The molecule has 18 heavy (non-hydrogen) atoms. The Hall–Kier alpha value is -1.33. The van der Waals surface area contributed by atoms with Gasteiger partial charge in [-0.3, -0.25) is 4.79 Å². The van der Waals surface area contributed by atoms with Crippen LogP contribution in [0.2, 0.25) is 0 Å². The number of hydrogen-bond acceptors (Lipinski definition) is 4. The second-order valence-electron chi connectivity index (χ2n) is 5.10. The molecule has 0 aromatic carbocycles. The first kappa shape index (κ1) is 13.1. The zero-order valence-electron chi connectivity index (χ0n) is 10.9. The van der Waals surface area contributed by atoms with E-state index in [0.717, 1.165) is 25.4 Å². The van der Waals surface area contributed by atoms with E-state index >= 15 is 0 Å². The number of methoxy groups -OCH3 is 1. The van der Waals surface area contributed by atoms with E-state index in [-0.39, 0.29) is 11.0 Å². The summed E-state index contributed by atoms with van der Waals surface area (Å²) in [7, 11) is 1.63. The van der Waals surface area contributed by atoms with Crippen LogP contribution < -0.4 is 10.9 Å². The Kier molecular flexibility index (Phi) is 4.04. The van der Waals surface area contributed by atoms with Gasteiger partial charge in [0.1, 0.15) is 0 Å². The highest BCUT2D eigenvalue weighted by Gasteiger charge is 2.32. The molecule has 1 saturated heterocycles. The Morgan fingerprint density at radius 3 is 2.89 bits per heavy atom. The van der Waals surface area contributed by atoms with Crippen LogP contribution in [0.15, 0.2) is 23.1 Å². The zero-order chi connectivity index (χ0) is 13.0. The van der Waals surface area contributed by atoms with Gasteiger partial charge in [-0.1, -0.05) is 6.92 Å². The third-order valence-corrected chi connectivity index (χ3v) is 3.14. The molecule has 0 saturated carbocycles. The summed E-state index contributed by atoms with van der Waals surface area (Å²) in [5.74, 6) is 0. The summed E-state index contributed by atoms with van der Waals surface area (Å²) in [6.07, 6.45) is 1.84. The predicted molar refractivity (Wildman–Crippen MR) is 70.0 cm³/mol. The van der Waals surface area contributed by atoms with Gasteiger partial charge in [-0.15, -0.1) is 0 Å². The molecule has 1 N–H and O–H groups in total. The second kappa shape index (κ2) is 5.54. The summed E-state index contributed by atoms with van der Waals surface area (Å²) >= 11 is 0. The third-order valence-electron chi connectivity index (χ3n) is 3.14. The molecule has 0 bridgehead atoms. The zero-order valence-corrected chi connectivity index (χ0v) is 10.9. The number of ether oxygens (including phenoxy) is 2. The molecule has 0 amide bonds. The SMILES string of the molecule is COCCn1cc(NCC2(C)COC2)ccc1=O. The first-order valence-corrected chi connectivity index (χ1v) is 6.14. The van der Waals surface area contributed by atoms with Crippen LogP contribution in [-0.2, 0) is 16.0 Å². The molecule has 1 aromatic rings. The monoisotopic (exact) mass is 252 g/mol. The molecule has 0 aliphatic carbocycles. The lowest BCUT2D eigenvalue weighted by atomic mass is 9.89. The van der Waals surface area contributed by atoms with Crippen LogP contribution in [0, 0.1) is 5.41 Å². The molecule has 1 fully saturated rings. The summed E-state index contributed by atoms with van der Waals surface area (Å²) < 4.78 is 11.9. The lowest BCUT2D eigenvalue weighted by Crippen LogP contribution is -2.45. The van der Waals surface area contributed by atoms with Crippen molar-refractivity contribution in [3.05, 3.63) is 28.7 Å². The molecule has 0 atom stereocenters. The fourth-order valence-corrected chi connectivity index (χ4v) is 1.87. The molecule has 100 valence electrons. The van der Waals surface area contributed by atoms with Crippen LogP contribution in [0.25, 0.3) is 0 Å². The number of aromatic nitrogens is 1. The lowest BCUT2D eigenvalue weighted by molar-refractivity contribution is -0.0924. The Morgan fingerprint density at radius 1 is 1.50 bits per heavy atom. The van der Waals surface area contributed by atoms with Gasteiger partial charge in [-0.05, 0) is 6.07 Å². The lowest BCUT2D eigenvalue weighted by Gasteiger charge is -2.38. The number of nitrogens with one attached hydrogen (secondary N) is 1. The Bertz CT molecular complexity index is 452. The number of hydrogen-bond donors (Lipinski definition) is 1. The molecule has 0 unspecified atom stereocenters. The first-order chi connectivity index (χ1) is 8.63. The molecule has 0 spiro atoms. The predicted octanol–water partition coefficient (Wildman–Crippen LogP) is 0.943. The largest absolute Gasteiger partial charge is 0.383 e. The van der Waals surface area contributed by atoms with E-state index in [1.54, 1.807) is 17.7 Å². The van der Waals surface area contributed by atoms with Crippen LogP contribution in [0.5, 0.6) is 0 Å². The van der Waals surface area contributed by atoms with E-state index in [4.69, 9.17) is 9.47 Å². The van der Waals surface area contributed by atoms with Crippen molar-refractivity contribution in [1.82, 2.24) is 4.57 Å². The van der Waals surface area contributed by atoms with Crippen molar-refractivity contribution in [2.75, 3.05) is 38.8 Å². The quantitative estimate of drug-likeness (QED) is 0.819. The Morgan fingerprint density at radius 2 is 2.28 bits per heavy atom. The van der Waals surface area contributed by atoms with Gasteiger partial charge >= 0.3 is 0 Å². The van der Waals surface area contributed by atoms with Crippen molar-refractivity contribution >= 4 is 5.69 Å². The number of pyridine rings is 1. The van der Waals surface area contributed by atoms with Crippen molar-refractivity contribution in [2.24, 2.45) is 5.41 Å². The molecule has 1 aliphatic heterocycles. The number of anilines is 1. The van der Waals surface area contributed by atoms with Crippen LogP contribution in [-0.4, -0.2) is 38.0 Å². The van der Waals surface area contributed by atoms with E-state index in [1.165, 1.54) is 0 Å². The van der Waals surface area contributed by atoms with E-state index in [9.17, 15) is 4.79 Å². The summed E-state index contributed by atoms with van der Waals surface area (Å²) in [5, 5.41) is 3.35. The fraction of sp³-hybridized carbons (Fsp3) is 0.615. The van der Waals surface area contributed by atoms with Crippen LogP contribution in [0.3, 0.4) is 0 Å². The highest BCUT2D eigenvalue weighted by molar-refractivity contribution is 5.40. The van der Waals surface area contributed by atoms with Gasteiger partial charge in [0.15, 0.2) is 0 Å². The average molecular weight is 252 g/mol. The normalized spacial score (nSPS) is 17.2. The third kappa shape index (κ3) is 3.11. The minimum absolute atomic E-state index is 0.00390. The molecular weight excluding hydrogens is 232 g/mol. The standard InChI is InChI=1S/C13H20N2O3/c1-13(9-18-10-13)8-14-11-3-4-12(16)15(7-11)5-6-17-2/h3-4,7,14H,5-6,8-10H2,1-2H3. The van der Waals surface area contributed by atoms with Crippen LogP contribution in [0.4, 0.5) is 5.69 Å². The van der Waals surface area contributed by atoms with Crippen molar-refractivity contribution in [1.29, 1.82) is 0 Å². The molecule has 0 radical (unpaired) electrons. The molecule has 1 aromatic heterocycles. The van der Waals surface area contributed by atoms with Crippen molar-refractivity contribution in [2.45, 2.75) is 13.5 Å². The topological polar surface area (TPSA) is 52.5 Å². The van der Waals surface area contributed by atoms with Crippen LogP contribution in [0.1, 0.15) is 6.92 Å². The first-order valence-electron chi connectivity index (χ1n) is 6.14. The molecule has 5 nitrogen and oxygen atoms in total. The van der Waals surface area contributed by atoms with Gasteiger partial charge < -0.3 is 19.4 Å². The second-order valence-corrected chi connectivity index (χ2v) is 5.10. The Balaban J connectivity index is 1.97. The molecule has 5 heteroatoms. The van der Waals surface area contributed by atoms with Crippen LogP contribution >= 0.6 is 0 Å². The van der Waals surface area contributed by atoms with Gasteiger partial charge in [0.05, 0.1) is 25.5 Å². The number of rotatable bonds is 6. The van der Waals surface area contributed by atoms with Gasteiger partial charge in [0.25, 0.3) is 5.56 Å². The highest BCUT2D eigenvalue weighted by Crippen LogP contribution is 2.26. The maximum atomic E-state index is 11.6. The highest BCUT2D eigenvalue weighted by atomic mass is 16.5. The smallest absolute Gasteiger partial charge is 0.250 e. The summed E-state index contributed by atoms with van der Waals surface area (Å²) in [4.78, 5) is 11.6. The molecule has 1 aliphatic rings. The van der Waals surface area contributed by atoms with E-state index < -0.39 is 0 Å². The minimum Gasteiger partial charge on any atom is -0.383 e. The Labute approximate surface area is 107 Å². The fourth-order valence-electron chi connectivity index (χ4n) is 1.87. The van der Waals surface area contributed by atoms with Crippen molar-refractivity contribution < 1.29 is 9.47 Å². The summed E-state index contributed by atoms with van der Waals surface area (Å²) in [6, 6.07) is 3.39. The van der Waals surface area contributed by atoms with Crippen molar-refractivity contribution in [3.8, 4) is 0 Å². The summed E-state index contributed by atoms with van der Waals surface area (Å²) in [6.45, 7) is 5.74. The molecule has 2 rings (SSSR count). The minimum atomic E-state index is -0.00390. The maximum absolute atomic E-state index is 11.6. The average Bonchev–Trinajstić information content (AvgIpc) is 2.34. The van der Waals surface area contributed by atoms with E-state index in [1.807, 2.05) is 12.3 Å². The van der Waals surface area contributed by atoms with Gasteiger partial charge in [-0.25, -0.2) is 0 Å². The summed E-state index contributed by atoms with van der Waals surface area (Å²) in [5.41, 5.74) is 1.17. The number of nitrogens with zero attached hydrogens (tertiary/aromatic N) is 1. The molecule has 2 heterocycles. The van der Waals surface area contributed by atoms with Gasteiger partial charge in [0, 0.05) is 37.9 Å². The van der Waals surface area contributed by atoms with E-state index in [0.29, 0.717) is 13.2 Å². The molecular formula is C13H20N2O3.